The van der Waals surface area contributed by atoms with Crippen LogP contribution in [0, 0.1) is 0 Å². The molecular formula is C28H32N2. The van der Waals surface area contributed by atoms with Crippen molar-refractivity contribution >= 4 is 0 Å². The molecule has 0 radical (unpaired) electrons. The Bertz CT molecular complexity index is 936. The van der Waals surface area contributed by atoms with Crippen molar-refractivity contribution in [3.05, 3.63) is 120 Å². The molecule has 1 aliphatic rings. The van der Waals surface area contributed by atoms with Gasteiger partial charge >= 0.3 is 0 Å². The van der Waals surface area contributed by atoms with Gasteiger partial charge in [0.15, 0.2) is 0 Å². The summed E-state index contributed by atoms with van der Waals surface area (Å²) in [4.78, 5) is 5.14. The van der Waals surface area contributed by atoms with Crippen LogP contribution in [0.5, 0.6) is 0 Å². The average Bonchev–Trinajstić information content (AvgIpc) is 3.13. The second kappa shape index (κ2) is 9.21. The topological polar surface area (TPSA) is 6.48 Å². The summed E-state index contributed by atoms with van der Waals surface area (Å²) in [5.41, 5.74) is 4.01. The third kappa shape index (κ3) is 3.87. The number of rotatable bonds is 8. The molecule has 2 atom stereocenters. The molecule has 1 aliphatic heterocycles. The summed E-state index contributed by atoms with van der Waals surface area (Å²) in [6.07, 6.45) is 6.68. The number of hydrogen-bond acceptors (Lipinski definition) is 2. The molecule has 154 valence electrons. The van der Waals surface area contributed by atoms with Gasteiger partial charge in [0.1, 0.15) is 5.66 Å². The Morgan fingerprint density at radius 1 is 0.667 bits per heavy atom. The van der Waals surface area contributed by atoms with Crippen molar-refractivity contribution < 1.29 is 0 Å². The predicted octanol–water partition coefficient (Wildman–Crippen LogP) is 6.43. The standard InChI is InChI=1S/C28H32N2/c1-3-27(26-18-12-7-13-19-26)28(22-24-14-8-5-9-15-24)29(4-2)20-21-30(28)23-25-16-10-6-11-17-25/h5-21,27H,3-4,22-23H2,1-2H3. The molecule has 0 spiro atoms. The van der Waals surface area contributed by atoms with Gasteiger partial charge in [0.2, 0.25) is 0 Å². The van der Waals surface area contributed by atoms with Gasteiger partial charge in [-0.2, -0.15) is 0 Å². The van der Waals surface area contributed by atoms with Gasteiger partial charge in [-0.25, -0.2) is 0 Å². The van der Waals surface area contributed by atoms with Gasteiger partial charge < -0.3 is 9.80 Å². The van der Waals surface area contributed by atoms with Crippen LogP contribution in [-0.4, -0.2) is 22.0 Å². The van der Waals surface area contributed by atoms with E-state index in [1.54, 1.807) is 0 Å². The second-order valence-electron chi connectivity index (χ2n) is 8.11. The van der Waals surface area contributed by atoms with Gasteiger partial charge in [0, 0.05) is 37.8 Å². The minimum absolute atomic E-state index is 0.137. The van der Waals surface area contributed by atoms with Crippen LogP contribution in [-0.2, 0) is 13.0 Å². The van der Waals surface area contributed by atoms with Crippen molar-refractivity contribution in [2.75, 3.05) is 6.54 Å². The van der Waals surface area contributed by atoms with Gasteiger partial charge in [-0.05, 0) is 30.0 Å². The van der Waals surface area contributed by atoms with E-state index in [0.29, 0.717) is 5.92 Å². The maximum Gasteiger partial charge on any atom is 0.123 e. The molecule has 3 aromatic carbocycles. The van der Waals surface area contributed by atoms with E-state index in [4.69, 9.17) is 0 Å². The summed E-state index contributed by atoms with van der Waals surface area (Å²) in [6.45, 7) is 6.49. The summed E-state index contributed by atoms with van der Waals surface area (Å²) < 4.78 is 0. The molecule has 0 amide bonds. The Hall–Kier alpha value is -3.00. The van der Waals surface area contributed by atoms with E-state index in [9.17, 15) is 0 Å². The lowest BCUT2D eigenvalue weighted by Crippen LogP contribution is -2.58. The molecule has 30 heavy (non-hydrogen) atoms. The third-order valence-electron chi connectivity index (χ3n) is 6.43. The summed E-state index contributed by atoms with van der Waals surface area (Å²) in [5, 5.41) is 0. The van der Waals surface area contributed by atoms with E-state index < -0.39 is 0 Å². The largest absolute Gasteiger partial charge is 0.353 e. The first-order valence-electron chi connectivity index (χ1n) is 11.1. The first-order valence-corrected chi connectivity index (χ1v) is 11.1. The van der Waals surface area contributed by atoms with Crippen molar-refractivity contribution in [2.24, 2.45) is 0 Å². The van der Waals surface area contributed by atoms with Crippen LogP contribution in [0.2, 0.25) is 0 Å². The number of nitrogens with zero attached hydrogens (tertiary/aromatic N) is 2. The molecule has 2 unspecified atom stereocenters. The van der Waals surface area contributed by atoms with Gasteiger partial charge in [0.25, 0.3) is 0 Å². The van der Waals surface area contributed by atoms with E-state index in [-0.39, 0.29) is 5.66 Å². The van der Waals surface area contributed by atoms with Crippen LogP contribution < -0.4 is 0 Å². The summed E-state index contributed by atoms with van der Waals surface area (Å²) in [5.74, 6) is 0.387. The molecule has 0 aromatic heterocycles. The Morgan fingerprint density at radius 3 is 1.77 bits per heavy atom. The zero-order valence-electron chi connectivity index (χ0n) is 18.1. The minimum Gasteiger partial charge on any atom is -0.353 e. The Labute approximate surface area is 181 Å². The van der Waals surface area contributed by atoms with Crippen molar-refractivity contribution in [3.63, 3.8) is 0 Å². The van der Waals surface area contributed by atoms with Crippen molar-refractivity contribution in [2.45, 2.75) is 44.8 Å². The fraction of sp³-hybridized carbons (Fsp3) is 0.286. The van der Waals surface area contributed by atoms with E-state index in [1.165, 1.54) is 16.7 Å². The van der Waals surface area contributed by atoms with Crippen LogP contribution >= 0.6 is 0 Å². The highest BCUT2D eigenvalue weighted by atomic mass is 15.4. The molecule has 0 N–H and O–H groups in total. The smallest absolute Gasteiger partial charge is 0.123 e. The quantitative estimate of drug-likeness (QED) is 0.433. The van der Waals surface area contributed by atoms with Crippen LogP contribution in [0.3, 0.4) is 0 Å². The molecule has 2 nitrogen and oxygen atoms in total. The molecule has 0 bridgehead atoms. The lowest BCUT2D eigenvalue weighted by Gasteiger charge is -2.51. The first-order chi connectivity index (χ1) is 14.8. The Balaban J connectivity index is 1.82. The normalized spacial score (nSPS) is 19.3. The highest BCUT2D eigenvalue weighted by Crippen LogP contribution is 2.45. The van der Waals surface area contributed by atoms with Gasteiger partial charge in [-0.15, -0.1) is 0 Å². The maximum atomic E-state index is 2.58. The average molecular weight is 397 g/mol. The number of likely N-dealkylation sites (N-methyl/N-ethyl adjacent to an activating group) is 1. The lowest BCUT2D eigenvalue weighted by molar-refractivity contribution is -0.00397. The number of hydrogen-bond donors (Lipinski definition) is 0. The SMILES string of the molecule is CCC(c1ccccc1)C1(Cc2ccccc2)N(CC)C=CN1Cc1ccccc1. The van der Waals surface area contributed by atoms with E-state index >= 15 is 0 Å². The zero-order chi connectivity index (χ0) is 20.8. The molecule has 0 aliphatic carbocycles. The van der Waals surface area contributed by atoms with Crippen LogP contribution in [0.4, 0.5) is 0 Å². The molecular weight excluding hydrogens is 364 g/mol. The zero-order valence-corrected chi connectivity index (χ0v) is 18.1. The van der Waals surface area contributed by atoms with Crippen molar-refractivity contribution in [3.8, 4) is 0 Å². The van der Waals surface area contributed by atoms with E-state index in [1.807, 2.05) is 0 Å². The third-order valence-corrected chi connectivity index (χ3v) is 6.43. The van der Waals surface area contributed by atoms with Crippen molar-refractivity contribution in [1.82, 2.24) is 9.80 Å². The van der Waals surface area contributed by atoms with E-state index in [0.717, 1.165) is 25.9 Å². The van der Waals surface area contributed by atoms with Crippen LogP contribution in [0.1, 0.15) is 42.9 Å². The predicted molar refractivity (Wildman–Crippen MR) is 126 cm³/mol. The minimum atomic E-state index is -0.137. The summed E-state index contributed by atoms with van der Waals surface area (Å²) >= 11 is 0. The van der Waals surface area contributed by atoms with Gasteiger partial charge in [-0.3, -0.25) is 0 Å². The molecule has 3 aromatic rings. The molecule has 4 rings (SSSR count). The molecule has 0 saturated carbocycles. The summed E-state index contributed by atoms with van der Waals surface area (Å²) in [6, 6.07) is 32.9. The number of benzene rings is 3. The Kier molecular flexibility index (Phi) is 6.23. The highest BCUT2D eigenvalue weighted by Gasteiger charge is 2.48. The second-order valence-corrected chi connectivity index (χ2v) is 8.11. The molecule has 1 heterocycles. The fourth-order valence-electron chi connectivity index (χ4n) is 5.07. The maximum absolute atomic E-state index is 2.58. The first kappa shape index (κ1) is 20.3. The Morgan fingerprint density at radius 2 is 1.20 bits per heavy atom. The highest BCUT2D eigenvalue weighted by molar-refractivity contribution is 5.31. The summed E-state index contributed by atoms with van der Waals surface area (Å²) in [7, 11) is 0. The monoisotopic (exact) mass is 396 g/mol. The molecule has 0 saturated heterocycles. The van der Waals surface area contributed by atoms with Crippen LogP contribution in [0.25, 0.3) is 0 Å². The molecule has 0 fully saturated rings. The van der Waals surface area contributed by atoms with Crippen LogP contribution in [0.15, 0.2) is 103 Å². The van der Waals surface area contributed by atoms with E-state index in [2.05, 4.69) is 127 Å². The van der Waals surface area contributed by atoms with Crippen molar-refractivity contribution in [1.29, 1.82) is 0 Å². The lowest BCUT2D eigenvalue weighted by atomic mass is 9.78. The molecule has 2 heteroatoms. The van der Waals surface area contributed by atoms with Gasteiger partial charge in [-0.1, -0.05) is 97.9 Å². The fourth-order valence-corrected chi connectivity index (χ4v) is 5.07. The van der Waals surface area contributed by atoms with Gasteiger partial charge in [0.05, 0.1) is 0 Å².